The van der Waals surface area contributed by atoms with E-state index in [1.165, 1.54) is 0 Å². The Morgan fingerprint density at radius 2 is 1.76 bits per heavy atom. The lowest BCUT2D eigenvalue weighted by atomic mass is 10.0. The predicted molar refractivity (Wildman–Crippen MR) is 114 cm³/mol. The Hall–Kier alpha value is -3.34. The molecule has 0 radical (unpaired) electrons. The molecule has 1 aromatic heterocycles. The van der Waals surface area contributed by atoms with Gasteiger partial charge in [-0.1, -0.05) is 24.3 Å². The number of aryl methyl sites for hydroxylation is 3. The normalized spacial score (nSPS) is 11.7. The fourth-order valence-corrected chi connectivity index (χ4v) is 3.41. The third-order valence-corrected chi connectivity index (χ3v) is 4.95. The van der Waals surface area contributed by atoms with E-state index in [0.29, 0.717) is 11.1 Å². The minimum absolute atomic E-state index is 0.136. The van der Waals surface area contributed by atoms with Crippen LogP contribution < -0.4 is 15.6 Å². The summed E-state index contributed by atoms with van der Waals surface area (Å²) in [5.74, 6) is 0.593. The molecule has 2 N–H and O–H groups in total. The van der Waals surface area contributed by atoms with E-state index in [0.717, 1.165) is 28.1 Å². The summed E-state index contributed by atoms with van der Waals surface area (Å²) in [6, 6.07) is 17.1. The first-order valence-corrected chi connectivity index (χ1v) is 9.65. The van der Waals surface area contributed by atoms with Gasteiger partial charge in [0, 0.05) is 23.4 Å². The highest BCUT2D eigenvalue weighted by Gasteiger charge is 2.14. The van der Waals surface area contributed by atoms with Gasteiger partial charge in [-0.25, -0.2) is 0 Å². The predicted octanol–water partition coefficient (Wildman–Crippen LogP) is 4.37. The summed E-state index contributed by atoms with van der Waals surface area (Å²) < 4.78 is 5.98. The molecule has 0 spiro atoms. The molecule has 2 aromatic carbocycles. The van der Waals surface area contributed by atoms with Crippen LogP contribution in [0.4, 0.5) is 0 Å². The molecule has 3 rings (SSSR count). The number of benzene rings is 2. The largest absolute Gasteiger partial charge is 0.486 e. The van der Waals surface area contributed by atoms with E-state index >= 15 is 0 Å². The van der Waals surface area contributed by atoms with Gasteiger partial charge in [-0.15, -0.1) is 0 Å². The zero-order valence-electron chi connectivity index (χ0n) is 17.2. The molecule has 1 amide bonds. The number of aromatic nitrogens is 1. The molecule has 150 valence electrons. The van der Waals surface area contributed by atoms with Crippen LogP contribution in [-0.2, 0) is 6.54 Å². The molecular formula is C24H26N2O3. The van der Waals surface area contributed by atoms with Gasteiger partial charge >= 0.3 is 0 Å². The van der Waals surface area contributed by atoms with Crippen molar-refractivity contribution in [3.8, 4) is 5.75 Å². The van der Waals surface area contributed by atoms with E-state index in [4.69, 9.17) is 4.74 Å². The third-order valence-electron chi connectivity index (χ3n) is 4.95. The number of H-pyrrole nitrogens is 1. The first kappa shape index (κ1) is 20.4. The maximum Gasteiger partial charge on any atom is 0.253 e. The number of rotatable bonds is 6. The van der Waals surface area contributed by atoms with Gasteiger partial charge in [0.05, 0.1) is 0 Å². The Balaban J connectivity index is 1.69. The number of ether oxygens (including phenoxy) is 1. The maximum absolute atomic E-state index is 12.6. The van der Waals surface area contributed by atoms with Crippen LogP contribution in [-0.4, -0.2) is 10.9 Å². The molecule has 0 unspecified atom stereocenters. The summed E-state index contributed by atoms with van der Waals surface area (Å²) in [7, 11) is 0. The van der Waals surface area contributed by atoms with Crippen molar-refractivity contribution in [2.75, 3.05) is 0 Å². The number of hydrogen-bond acceptors (Lipinski definition) is 3. The zero-order valence-corrected chi connectivity index (χ0v) is 17.2. The molecular weight excluding hydrogens is 364 g/mol. The standard InChI is InChI=1S/C24H26N2O3/c1-15-12-17(3)26-24(28)22(15)14-25-23(27)19-10-11-21(16(2)13-19)18(4)29-20-8-6-5-7-9-20/h5-13,18H,14H2,1-4H3,(H,25,27)(H,26,28)/t18-/m1/s1. The van der Waals surface area contributed by atoms with Crippen LogP contribution >= 0.6 is 0 Å². The van der Waals surface area contributed by atoms with Gasteiger partial charge in [-0.3, -0.25) is 9.59 Å². The van der Waals surface area contributed by atoms with Crippen molar-refractivity contribution in [2.24, 2.45) is 0 Å². The monoisotopic (exact) mass is 390 g/mol. The number of carbonyl (C=O) groups is 1. The fraction of sp³-hybridized carbons (Fsp3) is 0.250. The second kappa shape index (κ2) is 8.78. The molecule has 29 heavy (non-hydrogen) atoms. The highest BCUT2D eigenvalue weighted by Crippen LogP contribution is 2.24. The molecule has 1 atom stereocenters. The van der Waals surface area contributed by atoms with E-state index in [2.05, 4.69) is 10.3 Å². The third kappa shape index (κ3) is 4.93. The Morgan fingerprint density at radius 1 is 1.03 bits per heavy atom. The van der Waals surface area contributed by atoms with Crippen LogP contribution in [0, 0.1) is 20.8 Å². The molecule has 0 aliphatic heterocycles. The van der Waals surface area contributed by atoms with E-state index in [-0.39, 0.29) is 24.1 Å². The first-order chi connectivity index (χ1) is 13.8. The number of nitrogens with one attached hydrogen (secondary N) is 2. The molecule has 0 fully saturated rings. The van der Waals surface area contributed by atoms with Crippen LogP contribution in [0.1, 0.15) is 51.3 Å². The highest BCUT2D eigenvalue weighted by molar-refractivity contribution is 5.94. The van der Waals surface area contributed by atoms with Gasteiger partial charge < -0.3 is 15.0 Å². The van der Waals surface area contributed by atoms with Crippen molar-refractivity contribution >= 4 is 5.91 Å². The van der Waals surface area contributed by atoms with Gasteiger partial charge in [-0.2, -0.15) is 0 Å². The molecule has 0 saturated heterocycles. The number of carbonyl (C=O) groups excluding carboxylic acids is 1. The van der Waals surface area contributed by atoms with Crippen LogP contribution in [0.25, 0.3) is 0 Å². The van der Waals surface area contributed by atoms with Gasteiger partial charge in [0.15, 0.2) is 0 Å². The Bertz CT molecular complexity index is 1070. The first-order valence-electron chi connectivity index (χ1n) is 9.65. The number of pyridine rings is 1. The molecule has 1 heterocycles. The lowest BCUT2D eigenvalue weighted by Crippen LogP contribution is -2.28. The summed E-state index contributed by atoms with van der Waals surface area (Å²) in [5.41, 5.74) is 4.63. The van der Waals surface area contributed by atoms with Crippen molar-refractivity contribution < 1.29 is 9.53 Å². The van der Waals surface area contributed by atoms with Crippen molar-refractivity contribution in [3.05, 3.63) is 98.5 Å². The van der Waals surface area contributed by atoms with Crippen LogP contribution in [0.3, 0.4) is 0 Å². The molecule has 0 bridgehead atoms. The lowest BCUT2D eigenvalue weighted by molar-refractivity contribution is 0.0950. The van der Waals surface area contributed by atoms with Crippen molar-refractivity contribution in [2.45, 2.75) is 40.3 Å². The minimum Gasteiger partial charge on any atom is -0.486 e. The molecule has 5 nitrogen and oxygen atoms in total. The smallest absolute Gasteiger partial charge is 0.253 e. The Kier molecular flexibility index (Phi) is 6.17. The van der Waals surface area contributed by atoms with E-state index < -0.39 is 0 Å². The van der Waals surface area contributed by atoms with Gasteiger partial charge in [-0.05, 0) is 74.7 Å². The number of para-hydroxylation sites is 1. The summed E-state index contributed by atoms with van der Waals surface area (Å²) in [4.78, 5) is 27.5. The molecule has 0 saturated carbocycles. The molecule has 3 aromatic rings. The highest BCUT2D eigenvalue weighted by atomic mass is 16.5. The summed E-state index contributed by atoms with van der Waals surface area (Å²) in [5, 5.41) is 2.84. The minimum atomic E-state index is -0.212. The number of amides is 1. The van der Waals surface area contributed by atoms with Crippen molar-refractivity contribution in [1.82, 2.24) is 10.3 Å². The Morgan fingerprint density at radius 3 is 2.41 bits per heavy atom. The molecule has 0 aliphatic rings. The second-order valence-corrected chi connectivity index (χ2v) is 7.27. The van der Waals surface area contributed by atoms with Crippen LogP contribution in [0.15, 0.2) is 59.4 Å². The van der Waals surface area contributed by atoms with Crippen molar-refractivity contribution in [3.63, 3.8) is 0 Å². The number of hydrogen-bond donors (Lipinski definition) is 2. The number of aromatic amines is 1. The topological polar surface area (TPSA) is 71.2 Å². The molecule has 5 heteroatoms. The van der Waals surface area contributed by atoms with E-state index in [1.807, 2.05) is 76.2 Å². The van der Waals surface area contributed by atoms with E-state index in [9.17, 15) is 9.59 Å². The van der Waals surface area contributed by atoms with Crippen LogP contribution in [0.2, 0.25) is 0 Å². The molecule has 0 aliphatic carbocycles. The summed E-state index contributed by atoms with van der Waals surface area (Å²) in [6.07, 6.45) is -0.136. The van der Waals surface area contributed by atoms with Gasteiger partial charge in [0.1, 0.15) is 11.9 Å². The SMILES string of the molecule is Cc1cc(C)c(CNC(=O)c2ccc([C@@H](C)Oc3ccccc3)c(C)c2)c(=O)[nH]1. The summed E-state index contributed by atoms with van der Waals surface area (Å²) in [6.45, 7) is 7.85. The quantitative estimate of drug-likeness (QED) is 0.656. The average Bonchev–Trinajstić information content (AvgIpc) is 2.67. The van der Waals surface area contributed by atoms with Gasteiger partial charge in [0.2, 0.25) is 0 Å². The van der Waals surface area contributed by atoms with Crippen LogP contribution in [0.5, 0.6) is 5.75 Å². The fourth-order valence-electron chi connectivity index (χ4n) is 3.41. The second-order valence-electron chi connectivity index (χ2n) is 7.27. The van der Waals surface area contributed by atoms with E-state index in [1.54, 1.807) is 6.07 Å². The maximum atomic E-state index is 12.6. The lowest BCUT2D eigenvalue weighted by Gasteiger charge is -2.18. The summed E-state index contributed by atoms with van der Waals surface area (Å²) >= 11 is 0. The zero-order chi connectivity index (χ0) is 21.0. The van der Waals surface area contributed by atoms with Crippen molar-refractivity contribution in [1.29, 1.82) is 0 Å². The average molecular weight is 390 g/mol. The Labute approximate surface area is 170 Å². The van der Waals surface area contributed by atoms with Gasteiger partial charge in [0.25, 0.3) is 11.5 Å².